The van der Waals surface area contributed by atoms with Crippen LogP contribution in [0.15, 0.2) is 63.8 Å². The second-order valence-corrected chi connectivity index (χ2v) is 6.82. The zero-order valence-corrected chi connectivity index (χ0v) is 16.7. The Kier molecular flexibility index (Phi) is 6.79. The number of carboxylic acids is 1. The van der Waals surface area contributed by atoms with E-state index in [1.807, 2.05) is 54.6 Å². The highest BCUT2D eigenvalue weighted by Crippen LogP contribution is 2.20. The van der Waals surface area contributed by atoms with Gasteiger partial charge in [0.15, 0.2) is 5.58 Å². The van der Waals surface area contributed by atoms with Crippen LogP contribution in [0.5, 0.6) is 0 Å². The van der Waals surface area contributed by atoms with Crippen molar-refractivity contribution < 1.29 is 27.5 Å². The number of fused-ring (bicyclic) bond motifs is 1. The summed E-state index contributed by atoms with van der Waals surface area (Å²) in [6.45, 7) is 2.73. The minimum absolute atomic E-state index is 0.105. The molecule has 1 unspecified atom stereocenters. The van der Waals surface area contributed by atoms with E-state index >= 15 is 0 Å². The van der Waals surface area contributed by atoms with E-state index in [1.54, 1.807) is 0 Å². The highest BCUT2D eigenvalue weighted by atomic mass is 19.4. The van der Waals surface area contributed by atoms with Gasteiger partial charge in [0.25, 0.3) is 0 Å². The topological polar surface area (TPSA) is 124 Å². The summed E-state index contributed by atoms with van der Waals surface area (Å²) in [5, 5.41) is 18.0. The van der Waals surface area contributed by atoms with Crippen molar-refractivity contribution in [3.8, 4) is 11.3 Å². The molecule has 168 valence electrons. The maximum absolute atomic E-state index is 11.3. The van der Waals surface area contributed by atoms with E-state index in [-0.39, 0.29) is 6.04 Å². The second kappa shape index (κ2) is 9.52. The lowest BCUT2D eigenvalue weighted by molar-refractivity contribution is -0.192. The van der Waals surface area contributed by atoms with Crippen molar-refractivity contribution in [3.05, 3.63) is 76.4 Å². The van der Waals surface area contributed by atoms with Gasteiger partial charge in [-0.1, -0.05) is 36.4 Å². The number of nitrogens with zero attached hydrogens (tertiary/aromatic N) is 1. The van der Waals surface area contributed by atoms with Crippen molar-refractivity contribution in [1.29, 1.82) is 0 Å². The fourth-order valence-electron chi connectivity index (χ4n) is 2.82. The summed E-state index contributed by atoms with van der Waals surface area (Å²) in [6, 6.07) is 17.9. The highest BCUT2D eigenvalue weighted by Gasteiger charge is 2.38. The van der Waals surface area contributed by atoms with Crippen LogP contribution in [0.1, 0.15) is 24.2 Å². The number of hydrogen-bond donors (Lipinski definition) is 4. The first-order valence-corrected chi connectivity index (χ1v) is 9.39. The molecule has 2 heterocycles. The summed E-state index contributed by atoms with van der Waals surface area (Å²) in [7, 11) is 0. The molecule has 0 saturated carbocycles. The molecule has 4 aromatic rings. The van der Waals surface area contributed by atoms with Crippen molar-refractivity contribution in [3.63, 3.8) is 0 Å². The van der Waals surface area contributed by atoms with Crippen LogP contribution in [0.3, 0.4) is 0 Å². The van der Waals surface area contributed by atoms with E-state index in [2.05, 4.69) is 27.4 Å². The number of alkyl halides is 3. The minimum atomic E-state index is -5.08. The third kappa shape index (κ3) is 5.85. The fourth-order valence-corrected chi connectivity index (χ4v) is 2.82. The molecule has 0 spiro atoms. The molecule has 0 saturated heterocycles. The summed E-state index contributed by atoms with van der Waals surface area (Å²) in [5.41, 5.74) is 5.37. The number of halogens is 3. The summed E-state index contributed by atoms with van der Waals surface area (Å²) in [5.74, 6) is -3.19. The average molecular weight is 448 g/mol. The molecular weight excluding hydrogens is 429 g/mol. The van der Waals surface area contributed by atoms with Gasteiger partial charge in [0, 0.05) is 23.8 Å². The van der Waals surface area contributed by atoms with Crippen molar-refractivity contribution >= 4 is 17.1 Å². The summed E-state index contributed by atoms with van der Waals surface area (Å²) < 4.78 is 36.9. The van der Waals surface area contributed by atoms with E-state index in [9.17, 15) is 18.0 Å². The van der Waals surface area contributed by atoms with Gasteiger partial charge in [0.1, 0.15) is 0 Å². The van der Waals surface area contributed by atoms with E-state index in [4.69, 9.17) is 14.3 Å². The normalized spacial score (nSPS) is 12.2. The van der Waals surface area contributed by atoms with Crippen molar-refractivity contribution in [2.45, 2.75) is 25.7 Å². The highest BCUT2D eigenvalue weighted by molar-refractivity contribution is 5.73. The first kappa shape index (κ1) is 22.8. The first-order valence-electron chi connectivity index (χ1n) is 9.39. The smallest absolute Gasteiger partial charge is 0.475 e. The number of aromatic amines is 2. The molecule has 2 aromatic heterocycles. The Labute approximate surface area is 179 Å². The molecule has 2 aromatic carbocycles. The lowest BCUT2D eigenvalue weighted by Gasteiger charge is -2.13. The number of aliphatic carboxylic acids is 1. The molecule has 0 aliphatic carbocycles. The summed E-state index contributed by atoms with van der Waals surface area (Å²) >= 11 is 0. The van der Waals surface area contributed by atoms with E-state index < -0.39 is 17.9 Å². The zero-order chi connectivity index (χ0) is 23.3. The molecule has 4 rings (SSSR count). The van der Waals surface area contributed by atoms with Crippen LogP contribution in [0.25, 0.3) is 22.4 Å². The number of carbonyl (C=O) groups is 1. The predicted octanol–water partition coefficient (Wildman–Crippen LogP) is 4.00. The van der Waals surface area contributed by atoms with Gasteiger partial charge in [-0.05, 0) is 30.7 Å². The van der Waals surface area contributed by atoms with Gasteiger partial charge in [-0.2, -0.15) is 18.3 Å². The Morgan fingerprint density at radius 2 is 1.88 bits per heavy atom. The second-order valence-electron chi connectivity index (χ2n) is 6.82. The summed E-state index contributed by atoms with van der Waals surface area (Å²) in [4.78, 5) is 22.8. The van der Waals surface area contributed by atoms with E-state index in [1.165, 1.54) is 0 Å². The first-order chi connectivity index (χ1) is 15.1. The Hall–Kier alpha value is -3.86. The average Bonchev–Trinajstić information content (AvgIpc) is 3.37. The molecule has 32 heavy (non-hydrogen) atoms. The molecule has 4 N–H and O–H groups in total. The van der Waals surface area contributed by atoms with Gasteiger partial charge in [0.05, 0.1) is 11.2 Å². The summed E-state index contributed by atoms with van der Waals surface area (Å²) in [6.07, 6.45) is -5.08. The minimum Gasteiger partial charge on any atom is -0.475 e. The Morgan fingerprint density at radius 3 is 2.53 bits per heavy atom. The number of hydrogen-bond acceptors (Lipinski definition) is 5. The third-order valence-electron chi connectivity index (χ3n) is 4.49. The SMILES string of the molecule is CC(NCc1cc(-c2ccccc2)n[nH]1)c1ccc2[nH]c(=O)oc2c1.O=C(O)C(F)(F)F. The van der Waals surface area contributed by atoms with Gasteiger partial charge in [-0.3, -0.25) is 10.1 Å². The maximum atomic E-state index is 11.3. The van der Waals surface area contributed by atoms with Gasteiger partial charge >= 0.3 is 17.9 Å². The van der Waals surface area contributed by atoms with Crippen LogP contribution in [0, 0.1) is 0 Å². The van der Waals surface area contributed by atoms with Crippen LogP contribution in [-0.4, -0.2) is 32.4 Å². The molecule has 0 aliphatic heterocycles. The van der Waals surface area contributed by atoms with Crippen molar-refractivity contribution in [1.82, 2.24) is 20.5 Å². The number of rotatable bonds is 5. The van der Waals surface area contributed by atoms with Gasteiger partial charge < -0.3 is 14.8 Å². The molecule has 0 radical (unpaired) electrons. The van der Waals surface area contributed by atoms with Crippen LogP contribution in [0.4, 0.5) is 13.2 Å². The Morgan fingerprint density at radius 1 is 1.19 bits per heavy atom. The van der Waals surface area contributed by atoms with Crippen molar-refractivity contribution in [2.75, 3.05) is 0 Å². The van der Waals surface area contributed by atoms with Gasteiger partial charge in [-0.25, -0.2) is 9.59 Å². The predicted molar refractivity (Wildman–Crippen MR) is 110 cm³/mol. The van der Waals surface area contributed by atoms with E-state index in [0.717, 1.165) is 22.5 Å². The quantitative estimate of drug-likeness (QED) is 0.366. The zero-order valence-electron chi connectivity index (χ0n) is 16.7. The van der Waals surface area contributed by atoms with Crippen molar-refractivity contribution in [2.24, 2.45) is 0 Å². The number of carboxylic acid groups (broad SMARTS) is 1. The largest absolute Gasteiger partial charge is 0.490 e. The lowest BCUT2D eigenvalue weighted by atomic mass is 10.1. The molecule has 1 atom stereocenters. The Bertz CT molecular complexity index is 1250. The molecule has 8 nitrogen and oxygen atoms in total. The lowest BCUT2D eigenvalue weighted by Crippen LogP contribution is -2.21. The Balaban J connectivity index is 0.000000360. The maximum Gasteiger partial charge on any atom is 0.490 e. The molecule has 0 aliphatic rings. The van der Waals surface area contributed by atoms with Gasteiger partial charge in [-0.15, -0.1) is 0 Å². The number of nitrogens with one attached hydrogen (secondary N) is 3. The van der Waals surface area contributed by atoms with Crippen LogP contribution >= 0.6 is 0 Å². The molecule has 0 fully saturated rings. The molecule has 0 amide bonds. The monoisotopic (exact) mass is 448 g/mol. The number of benzene rings is 2. The van der Waals surface area contributed by atoms with Crippen LogP contribution in [-0.2, 0) is 11.3 Å². The van der Waals surface area contributed by atoms with E-state index in [0.29, 0.717) is 17.6 Å². The molecule has 11 heteroatoms. The standard InChI is InChI=1S/C19H18N4O2.C2HF3O2/c1-12(14-7-8-16-18(9-14)25-19(24)21-16)20-11-15-10-17(23-22-15)13-5-3-2-4-6-13;3-2(4,5)1(6)7/h2-10,12,20H,11H2,1H3,(H,21,24)(H,22,23);(H,6,7). The number of oxazole rings is 1. The number of H-pyrrole nitrogens is 2. The van der Waals surface area contributed by atoms with Crippen LogP contribution < -0.4 is 11.1 Å². The van der Waals surface area contributed by atoms with Gasteiger partial charge in [0.2, 0.25) is 0 Å². The molecule has 0 bridgehead atoms. The fraction of sp³-hybridized carbons (Fsp3) is 0.190. The third-order valence-corrected chi connectivity index (χ3v) is 4.49. The van der Waals surface area contributed by atoms with Crippen LogP contribution in [0.2, 0.25) is 0 Å². The number of aromatic nitrogens is 3. The molecular formula is C21H19F3N4O4.